The van der Waals surface area contributed by atoms with E-state index in [-0.39, 0.29) is 17.9 Å². The van der Waals surface area contributed by atoms with Gasteiger partial charge in [-0.05, 0) is 43.0 Å². The number of aliphatic hydroxyl groups excluding tert-OH is 1. The van der Waals surface area contributed by atoms with Gasteiger partial charge in [-0.1, -0.05) is 23.2 Å². The number of rotatable bonds is 3. The molecule has 2 aliphatic rings. The third-order valence-corrected chi connectivity index (χ3v) is 5.06. The zero-order valence-electron chi connectivity index (χ0n) is 12.2. The van der Waals surface area contributed by atoms with Crippen LogP contribution in [0.25, 0.3) is 0 Å². The number of hydrogen-bond donors (Lipinski definition) is 1. The Hall–Kier alpha value is -0.810. The zero-order chi connectivity index (χ0) is 15.7. The Morgan fingerprint density at radius 1 is 1.32 bits per heavy atom. The molecule has 1 aromatic rings. The van der Waals surface area contributed by atoms with E-state index in [1.54, 1.807) is 18.2 Å². The molecule has 1 N–H and O–H groups in total. The van der Waals surface area contributed by atoms with Crippen molar-refractivity contribution in [2.24, 2.45) is 0 Å². The first-order valence-electron chi connectivity index (χ1n) is 7.52. The van der Waals surface area contributed by atoms with Crippen LogP contribution in [0, 0.1) is 0 Å². The molecule has 1 atom stereocenters. The van der Waals surface area contributed by atoms with Crippen LogP contribution < -0.4 is 0 Å². The second kappa shape index (κ2) is 6.36. The van der Waals surface area contributed by atoms with E-state index in [1.807, 2.05) is 4.90 Å². The zero-order valence-corrected chi connectivity index (χ0v) is 13.7. The van der Waals surface area contributed by atoms with E-state index < -0.39 is 6.10 Å². The molecule has 2 fully saturated rings. The van der Waals surface area contributed by atoms with E-state index in [9.17, 15) is 9.90 Å². The normalized spacial score (nSPS) is 21.5. The van der Waals surface area contributed by atoms with Crippen LogP contribution in [0.15, 0.2) is 18.2 Å². The molecule has 3 rings (SSSR count). The third kappa shape index (κ3) is 3.11. The lowest BCUT2D eigenvalue weighted by molar-refractivity contribution is -0.160. The van der Waals surface area contributed by atoms with Crippen molar-refractivity contribution in [3.05, 3.63) is 33.8 Å². The number of carbonyl (C=O) groups excluding carboxylic acids is 1. The van der Waals surface area contributed by atoms with Gasteiger partial charge < -0.3 is 14.7 Å². The Bertz CT molecular complexity index is 554. The number of nitrogens with zero attached hydrogens (tertiary/aromatic N) is 1. The molecule has 120 valence electrons. The minimum atomic E-state index is -0.899. The van der Waals surface area contributed by atoms with Gasteiger partial charge in [-0.25, -0.2) is 0 Å². The summed E-state index contributed by atoms with van der Waals surface area (Å²) in [5.74, 6) is -0.0356. The quantitative estimate of drug-likeness (QED) is 0.916. The van der Waals surface area contributed by atoms with Crippen LogP contribution in [-0.4, -0.2) is 41.2 Å². The predicted octanol–water partition coefficient (Wildman–Crippen LogP) is 3.20. The van der Waals surface area contributed by atoms with Gasteiger partial charge in [-0.15, -0.1) is 0 Å². The SMILES string of the molecule is O=C(CC(O)c1cc(Cl)cc(Cl)c1)N1CCOCC12CCC2. The lowest BCUT2D eigenvalue weighted by Crippen LogP contribution is -2.62. The maximum Gasteiger partial charge on any atom is 0.226 e. The molecule has 1 heterocycles. The van der Waals surface area contributed by atoms with Gasteiger partial charge in [0, 0.05) is 16.6 Å². The number of amides is 1. The average Bonchev–Trinajstić information content (AvgIpc) is 2.44. The van der Waals surface area contributed by atoms with E-state index >= 15 is 0 Å². The molecule has 0 aromatic heterocycles. The van der Waals surface area contributed by atoms with Crippen LogP contribution in [0.3, 0.4) is 0 Å². The number of benzene rings is 1. The van der Waals surface area contributed by atoms with Gasteiger partial charge in [0.25, 0.3) is 0 Å². The third-order valence-electron chi connectivity index (χ3n) is 4.63. The largest absolute Gasteiger partial charge is 0.388 e. The Balaban J connectivity index is 1.70. The van der Waals surface area contributed by atoms with Gasteiger partial charge in [-0.2, -0.15) is 0 Å². The highest BCUT2D eigenvalue weighted by molar-refractivity contribution is 6.34. The number of ether oxygens (including phenoxy) is 1. The maximum absolute atomic E-state index is 12.6. The van der Waals surface area contributed by atoms with Gasteiger partial charge in [-0.3, -0.25) is 4.79 Å². The summed E-state index contributed by atoms with van der Waals surface area (Å²) in [4.78, 5) is 14.5. The monoisotopic (exact) mass is 343 g/mol. The Kier molecular flexibility index (Phi) is 4.64. The predicted molar refractivity (Wildman–Crippen MR) is 85.2 cm³/mol. The first-order valence-corrected chi connectivity index (χ1v) is 8.28. The topological polar surface area (TPSA) is 49.8 Å². The number of hydrogen-bond acceptors (Lipinski definition) is 3. The molecule has 1 saturated heterocycles. The van der Waals surface area contributed by atoms with Crippen LogP contribution in [-0.2, 0) is 9.53 Å². The standard InChI is InChI=1S/C16H19Cl2NO3/c17-12-6-11(7-13(18)8-12)14(20)9-15(21)19-4-5-22-10-16(19)2-1-3-16/h6-8,14,20H,1-5,9-10H2. The minimum Gasteiger partial charge on any atom is -0.388 e. The molecule has 1 saturated carbocycles. The molecule has 0 bridgehead atoms. The average molecular weight is 344 g/mol. The molecule has 1 aromatic carbocycles. The highest BCUT2D eigenvalue weighted by Gasteiger charge is 2.46. The fourth-order valence-corrected chi connectivity index (χ4v) is 3.83. The lowest BCUT2D eigenvalue weighted by atomic mass is 9.75. The van der Waals surface area contributed by atoms with Crippen molar-refractivity contribution >= 4 is 29.1 Å². The Labute approximate surface area is 140 Å². The van der Waals surface area contributed by atoms with E-state index in [1.165, 1.54) is 0 Å². The van der Waals surface area contributed by atoms with Crippen molar-refractivity contribution < 1.29 is 14.6 Å². The molecule has 0 radical (unpaired) electrons. The van der Waals surface area contributed by atoms with Crippen LogP contribution in [0.2, 0.25) is 10.0 Å². The summed E-state index contributed by atoms with van der Waals surface area (Å²) in [5.41, 5.74) is 0.433. The second-order valence-electron chi connectivity index (χ2n) is 6.10. The molecule has 22 heavy (non-hydrogen) atoms. The highest BCUT2D eigenvalue weighted by atomic mass is 35.5. The maximum atomic E-state index is 12.6. The molecule has 1 aliphatic carbocycles. The van der Waals surface area contributed by atoms with Crippen molar-refractivity contribution in [2.75, 3.05) is 19.8 Å². The van der Waals surface area contributed by atoms with Crippen molar-refractivity contribution in [1.82, 2.24) is 4.90 Å². The summed E-state index contributed by atoms with van der Waals surface area (Å²) in [5, 5.41) is 11.2. The molecule has 1 spiro atoms. The highest BCUT2D eigenvalue weighted by Crippen LogP contribution is 2.40. The van der Waals surface area contributed by atoms with Crippen LogP contribution in [0.4, 0.5) is 0 Å². The molecule has 1 unspecified atom stereocenters. The fourth-order valence-electron chi connectivity index (χ4n) is 3.28. The van der Waals surface area contributed by atoms with Gasteiger partial charge in [0.1, 0.15) is 0 Å². The summed E-state index contributed by atoms with van der Waals surface area (Å²) in [6, 6.07) is 4.89. The van der Waals surface area contributed by atoms with Gasteiger partial charge >= 0.3 is 0 Å². The number of aliphatic hydroxyl groups is 1. The van der Waals surface area contributed by atoms with Crippen LogP contribution in [0.5, 0.6) is 0 Å². The first kappa shape index (κ1) is 16.1. The smallest absolute Gasteiger partial charge is 0.226 e. The molecule has 1 amide bonds. The fraction of sp³-hybridized carbons (Fsp3) is 0.562. The van der Waals surface area contributed by atoms with Crippen LogP contribution >= 0.6 is 23.2 Å². The molecule has 1 aliphatic heterocycles. The summed E-state index contributed by atoms with van der Waals surface area (Å²) in [7, 11) is 0. The van der Waals surface area contributed by atoms with E-state index in [0.717, 1.165) is 19.3 Å². The van der Waals surface area contributed by atoms with Gasteiger partial charge in [0.05, 0.1) is 31.3 Å². The van der Waals surface area contributed by atoms with Crippen molar-refractivity contribution in [3.63, 3.8) is 0 Å². The molecular weight excluding hydrogens is 325 g/mol. The lowest BCUT2D eigenvalue weighted by Gasteiger charge is -2.52. The molecular formula is C16H19Cl2NO3. The van der Waals surface area contributed by atoms with E-state index in [2.05, 4.69) is 0 Å². The molecule has 6 heteroatoms. The second-order valence-corrected chi connectivity index (χ2v) is 6.97. The van der Waals surface area contributed by atoms with Crippen molar-refractivity contribution in [3.8, 4) is 0 Å². The number of carbonyl (C=O) groups is 1. The number of halogens is 2. The van der Waals surface area contributed by atoms with Gasteiger partial charge in [0.2, 0.25) is 5.91 Å². The van der Waals surface area contributed by atoms with Gasteiger partial charge in [0.15, 0.2) is 0 Å². The summed E-state index contributed by atoms with van der Waals surface area (Å²) >= 11 is 11.9. The van der Waals surface area contributed by atoms with Crippen molar-refractivity contribution in [2.45, 2.75) is 37.3 Å². The van der Waals surface area contributed by atoms with Crippen LogP contribution in [0.1, 0.15) is 37.4 Å². The summed E-state index contributed by atoms with van der Waals surface area (Å²) in [6.45, 7) is 1.77. The molecule has 4 nitrogen and oxygen atoms in total. The summed E-state index contributed by atoms with van der Waals surface area (Å²) < 4.78 is 5.54. The van der Waals surface area contributed by atoms with Crippen molar-refractivity contribution in [1.29, 1.82) is 0 Å². The Morgan fingerprint density at radius 2 is 2.00 bits per heavy atom. The number of morpholine rings is 1. The first-order chi connectivity index (χ1) is 10.5. The Morgan fingerprint density at radius 3 is 2.59 bits per heavy atom. The van der Waals surface area contributed by atoms with E-state index in [4.69, 9.17) is 27.9 Å². The summed E-state index contributed by atoms with van der Waals surface area (Å²) in [6.07, 6.45) is 2.23. The minimum absolute atomic E-state index is 0.0356. The van der Waals surface area contributed by atoms with E-state index in [0.29, 0.717) is 35.4 Å².